The summed E-state index contributed by atoms with van der Waals surface area (Å²) in [5.41, 5.74) is 2.13. The van der Waals surface area contributed by atoms with Gasteiger partial charge in [0.05, 0.1) is 12.0 Å². The Morgan fingerprint density at radius 2 is 2.16 bits per heavy atom. The predicted molar refractivity (Wildman–Crippen MR) is 69.1 cm³/mol. The number of rotatable bonds is 4. The van der Waals surface area contributed by atoms with Crippen LogP contribution in [0.2, 0.25) is 0 Å². The number of carboxylic acid groups (broad SMARTS) is 1. The smallest absolute Gasteiger partial charge is 0.335 e. The Kier molecular flexibility index (Phi) is 3.61. The van der Waals surface area contributed by atoms with Crippen LogP contribution < -0.4 is 5.32 Å². The third-order valence-electron chi connectivity index (χ3n) is 2.65. The van der Waals surface area contributed by atoms with Crippen molar-refractivity contribution in [2.24, 2.45) is 0 Å². The van der Waals surface area contributed by atoms with Crippen LogP contribution in [-0.2, 0) is 11.2 Å². The summed E-state index contributed by atoms with van der Waals surface area (Å²) in [7, 11) is 0. The van der Waals surface area contributed by atoms with Crippen molar-refractivity contribution in [1.82, 2.24) is 10.2 Å². The lowest BCUT2D eigenvalue weighted by Crippen LogP contribution is -2.15. The maximum Gasteiger partial charge on any atom is 0.335 e. The van der Waals surface area contributed by atoms with Crippen molar-refractivity contribution in [2.45, 2.75) is 13.3 Å². The van der Waals surface area contributed by atoms with Gasteiger partial charge in [0.2, 0.25) is 5.91 Å². The molecule has 1 aromatic heterocycles. The fourth-order valence-electron chi connectivity index (χ4n) is 1.74. The summed E-state index contributed by atoms with van der Waals surface area (Å²) in [6, 6.07) is 6.40. The Hall–Kier alpha value is -2.63. The van der Waals surface area contributed by atoms with Crippen molar-refractivity contribution in [3.63, 3.8) is 0 Å². The molecule has 0 saturated heterocycles. The van der Waals surface area contributed by atoms with Gasteiger partial charge in [-0.3, -0.25) is 9.89 Å². The van der Waals surface area contributed by atoms with Crippen molar-refractivity contribution in [1.29, 1.82) is 0 Å². The highest BCUT2D eigenvalue weighted by Gasteiger charge is 2.09. The molecule has 98 valence electrons. The zero-order valence-corrected chi connectivity index (χ0v) is 10.3. The van der Waals surface area contributed by atoms with E-state index in [1.165, 1.54) is 6.07 Å². The van der Waals surface area contributed by atoms with Crippen LogP contribution in [0.25, 0.3) is 0 Å². The SMILES string of the molecule is Cc1cc(NC(=O)Cc2ccn[nH]2)ccc1C(=O)O. The van der Waals surface area contributed by atoms with Crippen molar-refractivity contribution >= 4 is 17.6 Å². The minimum Gasteiger partial charge on any atom is -0.478 e. The molecule has 0 atom stereocenters. The average molecular weight is 259 g/mol. The van der Waals surface area contributed by atoms with Crippen LogP contribution in [0.5, 0.6) is 0 Å². The molecule has 0 aliphatic heterocycles. The van der Waals surface area contributed by atoms with E-state index in [4.69, 9.17) is 5.11 Å². The van der Waals surface area contributed by atoms with Gasteiger partial charge in [0.15, 0.2) is 0 Å². The first-order chi connectivity index (χ1) is 9.06. The first-order valence-electron chi connectivity index (χ1n) is 5.68. The summed E-state index contributed by atoms with van der Waals surface area (Å²) in [5, 5.41) is 18.1. The number of nitrogens with zero attached hydrogens (tertiary/aromatic N) is 1. The van der Waals surface area contributed by atoms with Gasteiger partial charge in [-0.15, -0.1) is 0 Å². The first kappa shape index (κ1) is 12.8. The molecule has 1 aromatic carbocycles. The van der Waals surface area contributed by atoms with Crippen molar-refractivity contribution in [3.8, 4) is 0 Å². The highest BCUT2D eigenvalue weighted by Crippen LogP contribution is 2.15. The first-order valence-corrected chi connectivity index (χ1v) is 5.68. The van der Waals surface area contributed by atoms with E-state index in [0.717, 1.165) is 5.69 Å². The number of hydrogen-bond acceptors (Lipinski definition) is 3. The second kappa shape index (κ2) is 5.34. The highest BCUT2D eigenvalue weighted by molar-refractivity contribution is 5.94. The van der Waals surface area contributed by atoms with Crippen LogP contribution in [0.1, 0.15) is 21.6 Å². The molecular weight excluding hydrogens is 246 g/mol. The molecule has 6 nitrogen and oxygen atoms in total. The number of anilines is 1. The summed E-state index contributed by atoms with van der Waals surface area (Å²) in [6.45, 7) is 1.69. The van der Waals surface area contributed by atoms with E-state index in [1.807, 2.05) is 0 Å². The number of hydrogen-bond donors (Lipinski definition) is 3. The maximum atomic E-state index is 11.7. The quantitative estimate of drug-likeness (QED) is 0.777. The molecule has 0 spiro atoms. The van der Waals surface area contributed by atoms with Gasteiger partial charge in [-0.1, -0.05) is 0 Å². The summed E-state index contributed by atoms with van der Waals surface area (Å²) in [5.74, 6) is -1.17. The number of aryl methyl sites for hydroxylation is 1. The normalized spacial score (nSPS) is 10.2. The van der Waals surface area contributed by atoms with E-state index in [1.54, 1.807) is 31.3 Å². The largest absolute Gasteiger partial charge is 0.478 e. The Balaban J connectivity index is 2.05. The third kappa shape index (κ3) is 3.19. The molecule has 0 fully saturated rings. The van der Waals surface area contributed by atoms with Crippen LogP contribution in [0.3, 0.4) is 0 Å². The van der Waals surface area contributed by atoms with E-state index in [0.29, 0.717) is 11.3 Å². The molecule has 0 aliphatic rings. The Morgan fingerprint density at radius 3 is 2.74 bits per heavy atom. The van der Waals surface area contributed by atoms with E-state index in [-0.39, 0.29) is 17.9 Å². The molecule has 0 aliphatic carbocycles. The van der Waals surface area contributed by atoms with Gasteiger partial charge in [-0.05, 0) is 36.8 Å². The monoisotopic (exact) mass is 259 g/mol. The molecule has 3 N–H and O–H groups in total. The topological polar surface area (TPSA) is 95.1 Å². The van der Waals surface area contributed by atoms with Crippen LogP contribution in [-0.4, -0.2) is 27.2 Å². The van der Waals surface area contributed by atoms with Crippen molar-refractivity contribution < 1.29 is 14.7 Å². The Labute approximate surface area is 109 Å². The maximum absolute atomic E-state index is 11.7. The number of nitrogens with one attached hydrogen (secondary N) is 2. The fraction of sp³-hybridized carbons (Fsp3) is 0.154. The number of carboxylic acids is 1. The van der Waals surface area contributed by atoms with Crippen molar-refractivity contribution in [2.75, 3.05) is 5.32 Å². The fourth-order valence-corrected chi connectivity index (χ4v) is 1.74. The zero-order chi connectivity index (χ0) is 13.8. The predicted octanol–water partition coefficient (Wildman–Crippen LogP) is 1.60. The molecular formula is C13H13N3O3. The van der Waals surface area contributed by atoms with Crippen LogP contribution in [0.4, 0.5) is 5.69 Å². The molecule has 2 rings (SSSR count). The summed E-state index contributed by atoms with van der Waals surface area (Å²) >= 11 is 0. The van der Waals surface area contributed by atoms with Gasteiger partial charge in [-0.25, -0.2) is 4.79 Å². The summed E-state index contributed by atoms with van der Waals surface area (Å²) in [4.78, 5) is 22.6. The molecule has 1 amide bonds. The number of aromatic nitrogens is 2. The molecule has 0 unspecified atom stereocenters. The van der Waals surface area contributed by atoms with Gasteiger partial charge >= 0.3 is 5.97 Å². The van der Waals surface area contributed by atoms with Crippen LogP contribution in [0, 0.1) is 6.92 Å². The van der Waals surface area contributed by atoms with Gasteiger partial charge in [-0.2, -0.15) is 5.10 Å². The molecule has 0 radical (unpaired) electrons. The van der Waals surface area contributed by atoms with Gasteiger partial charge in [0.25, 0.3) is 0 Å². The number of aromatic carboxylic acids is 1. The number of carbonyl (C=O) groups is 2. The van der Waals surface area contributed by atoms with Gasteiger partial charge in [0.1, 0.15) is 0 Å². The van der Waals surface area contributed by atoms with Gasteiger partial charge in [0, 0.05) is 17.6 Å². The van der Waals surface area contributed by atoms with E-state index >= 15 is 0 Å². The lowest BCUT2D eigenvalue weighted by molar-refractivity contribution is -0.115. The lowest BCUT2D eigenvalue weighted by Gasteiger charge is -2.07. The minimum atomic E-state index is -0.979. The third-order valence-corrected chi connectivity index (χ3v) is 2.65. The number of H-pyrrole nitrogens is 1. The molecule has 0 bridgehead atoms. The highest BCUT2D eigenvalue weighted by atomic mass is 16.4. The van der Waals surface area contributed by atoms with Gasteiger partial charge < -0.3 is 10.4 Å². The second-order valence-electron chi connectivity index (χ2n) is 4.14. The lowest BCUT2D eigenvalue weighted by atomic mass is 10.1. The number of carbonyl (C=O) groups excluding carboxylic acids is 1. The molecule has 6 heteroatoms. The average Bonchev–Trinajstić information content (AvgIpc) is 2.81. The number of benzene rings is 1. The minimum absolute atomic E-state index is 0.188. The zero-order valence-electron chi connectivity index (χ0n) is 10.3. The standard InChI is InChI=1S/C13H13N3O3/c1-8-6-9(2-3-11(8)13(18)19)15-12(17)7-10-4-5-14-16-10/h2-6H,7H2,1H3,(H,14,16)(H,15,17)(H,18,19). The van der Waals surface area contributed by atoms with Crippen molar-refractivity contribution in [3.05, 3.63) is 47.3 Å². The number of amides is 1. The summed E-state index contributed by atoms with van der Waals surface area (Å²) < 4.78 is 0. The van der Waals surface area contributed by atoms with E-state index in [9.17, 15) is 9.59 Å². The summed E-state index contributed by atoms with van der Waals surface area (Å²) in [6.07, 6.45) is 1.77. The second-order valence-corrected chi connectivity index (χ2v) is 4.14. The van der Waals surface area contributed by atoms with Crippen LogP contribution >= 0.6 is 0 Å². The molecule has 0 saturated carbocycles. The van der Waals surface area contributed by atoms with E-state index in [2.05, 4.69) is 15.5 Å². The molecule has 1 heterocycles. The van der Waals surface area contributed by atoms with Crippen LogP contribution in [0.15, 0.2) is 30.5 Å². The number of aromatic amines is 1. The molecule has 2 aromatic rings. The molecule has 19 heavy (non-hydrogen) atoms. The van der Waals surface area contributed by atoms with E-state index < -0.39 is 5.97 Å². The Morgan fingerprint density at radius 1 is 1.37 bits per heavy atom. The Bertz CT molecular complexity index is 606.